The van der Waals surface area contributed by atoms with Crippen molar-refractivity contribution in [2.24, 2.45) is 5.92 Å². The second kappa shape index (κ2) is 4.64. The van der Waals surface area contributed by atoms with E-state index in [4.69, 9.17) is 0 Å². The highest BCUT2D eigenvalue weighted by molar-refractivity contribution is 5.31. The second-order valence-corrected chi connectivity index (χ2v) is 4.33. The van der Waals surface area contributed by atoms with Crippen molar-refractivity contribution in [2.45, 2.75) is 19.0 Å². The van der Waals surface area contributed by atoms with Gasteiger partial charge in [-0.25, -0.2) is 4.39 Å². The summed E-state index contributed by atoms with van der Waals surface area (Å²) in [6.07, 6.45) is -3.50. The number of hydrogen-bond donors (Lipinski definition) is 1. The van der Waals surface area contributed by atoms with Crippen LogP contribution in [0.2, 0.25) is 0 Å². The van der Waals surface area contributed by atoms with Crippen LogP contribution in [0.3, 0.4) is 0 Å². The van der Waals surface area contributed by atoms with Crippen molar-refractivity contribution in [1.29, 1.82) is 0 Å². The summed E-state index contributed by atoms with van der Waals surface area (Å²) in [5.41, 5.74) is -1.04. The van der Waals surface area contributed by atoms with E-state index in [1.54, 1.807) is 0 Å². The van der Waals surface area contributed by atoms with Crippen molar-refractivity contribution >= 4 is 0 Å². The Balaban J connectivity index is 2.29. The highest BCUT2D eigenvalue weighted by atomic mass is 19.4. The van der Waals surface area contributed by atoms with Crippen LogP contribution in [0.25, 0.3) is 0 Å². The summed E-state index contributed by atoms with van der Waals surface area (Å²) in [4.78, 5) is 0. The first kappa shape index (κ1) is 12.4. The van der Waals surface area contributed by atoms with E-state index in [0.717, 1.165) is 19.0 Å². The summed E-state index contributed by atoms with van der Waals surface area (Å²) in [5, 5.41) is 3.09. The fraction of sp³-hybridized carbons (Fsp3) is 0.500. The van der Waals surface area contributed by atoms with Crippen LogP contribution < -0.4 is 5.32 Å². The summed E-state index contributed by atoms with van der Waals surface area (Å²) in [7, 11) is 0. The van der Waals surface area contributed by atoms with E-state index in [0.29, 0.717) is 6.54 Å². The SMILES string of the molecule is Fc1cccc(CC2CCNC2)c1C(F)(F)F. The van der Waals surface area contributed by atoms with Crippen LogP contribution in [-0.4, -0.2) is 13.1 Å². The number of halogens is 4. The highest BCUT2D eigenvalue weighted by Crippen LogP contribution is 2.35. The van der Waals surface area contributed by atoms with Crippen LogP contribution in [0.4, 0.5) is 17.6 Å². The molecule has 1 nitrogen and oxygen atoms in total. The van der Waals surface area contributed by atoms with Crippen molar-refractivity contribution in [2.75, 3.05) is 13.1 Å². The quantitative estimate of drug-likeness (QED) is 0.792. The zero-order valence-electron chi connectivity index (χ0n) is 9.15. The first-order chi connectivity index (χ1) is 7.98. The molecule has 1 aliphatic heterocycles. The molecule has 17 heavy (non-hydrogen) atoms. The van der Waals surface area contributed by atoms with Crippen molar-refractivity contribution in [1.82, 2.24) is 5.32 Å². The molecule has 1 unspecified atom stereocenters. The Bertz CT molecular complexity index is 394. The first-order valence-electron chi connectivity index (χ1n) is 5.54. The molecule has 1 atom stereocenters. The summed E-state index contributed by atoms with van der Waals surface area (Å²) < 4.78 is 51.5. The molecule has 1 N–H and O–H groups in total. The molecule has 0 saturated carbocycles. The summed E-state index contributed by atoms with van der Waals surface area (Å²) in [5.74, 6) is -1.01. The minimum atomic E-state index is -4.62. The van der Waals surface area contributed by atoms with Gasteiger partial charge < -0.3 is 5.32 Å². The van der Waals surface area contributed by atoms with Crippen molar-refractivity contribution in [3.05, 3.63) is 35.1 Å². The molecular formula is C12H13F4N. The Morgan fingerprint density at radius 3 is 2.65 bits per heavy atom. The molecule has 1 aromatic rings. The smallest absolute Gasteiger partial charge is 0.316 e. The third kappa shape index (κ3) is 2.77. The van der Waals surface area contributed by atoms with E-state index in [9.17, 15) is 17.6 Å². The lowest BCUT2D eigenvalue weighted by atomic mass is 9.94. The van der Waals surface area contributed by atoms with Gasteiger partial charge in [-0.1, -0.05) is 12.1 Å². The summed E-state index contributed by atoms with van der Waals surface area (Å²) in [6, 6.07) is 3.56. The van der Waals surface area contributed by atoms with Gasteiger partial charge in [0.25, 0.3) is 0 Å². The molecule has 0 aliphatic carbocycles. The normalized spacial score (nSPS) is 20.8. The Kier molecular flexibility index (Phi) is 3.38. The van der Waals surface area contributed by atoms with E-state index >= 15 is 0 Å². The lowest BCUT2D eigenvalue weighted by Gasteiger charge is -2.16. The molecule has 0 aromatic heterocycles. The van der Waals surface area contributed by atoms with Gasteiger partial charge in [0.05, 0.1) is 5.56 Å². The summed E-state index contributed by atoms with van der Waals surface area (Å²) in [6.45, 7) is 1.52. The Morgan fingerprint density at radius 2 is 2.06 bits per heavy atom. The molecule has 1 saturated heterocycles. The monoisotopic (exact) mass is 247 g/mol. The van der Waals surface area contributed by atoms with Crippen molar-refractivity contribution in [3.8, 4) is 0 Å². The van der Waals surface area contributed by atoms with Gasteiger partial charge in [-0.3, -0.25) is 0 Å². The Hall–Kier alpha value is -1.10. The highest BCUT2D eigenvalue weighted by Gasteiger charge is 2.37. The molecule has 0 amide bonds. The summed E-state index contributed by atoms with van der Waals surface area (Å²) >= 11 is 0. The van der Waals surface area contributed by atoms with Gasteiger partial charge in [-0.05, 0) is 43.5 Å². The third-order valence-electron chi connectivity index (χ3n) is 3.05. The molecule has 94 valence electrons. The number of nitrogens with one attached hydrogen (secondary N) is 1. The van der Waals surface area contributed by atoms with E-state index in [1.165, 1.54) is 12.1 Å². The van der Waals surface area contributed by atoms with Crippen LogP contribution in [0.5, 0.6) is 0 Å². The average Bonchev–Trinajstić information content (AvgIpc) is 2.68. The first-order valence-corrected chi connectivity index (χ1v) is 5.54. The minimum absolute atomic E-state index is 0.0613. The number of alkyl halides is 3. The van der Waals surface area contributed by atoms with Crippen LogP contribution in [0, 0.1) is 11.7 Å². The van der Waals surface area contributed by atoms with Crippen molar-refractivity contribution in [3.63, 3.8) is 0 Å². The maximum atomic E-state index is 13.3. The Morgan fingerprint density at radius 1 is 1.29 bits per heavy atom. The topological polar surface area (TPSA) is 12.0 Å². The largest absolute Gasteiger partial charge is 0.419 e. The molecule has 0 bridgehead atoms. The van der Waals surface area contributed by atoms with Crippen molar-refractivity contribution < 1.29 is 17.6 Å². The standard InChI is InChI=1S/C12H13F4N/c13-10-3-1-2-9(11(10)12(14,15)16)6-8-4-5-17-7-8/h1-3,8,17H,4-7H2. The van der Waals surface area contributed by atoms with Crippen LogP contribution >= 0.6 is 0 Å². The van der Waals surface area contributed by atoms with Gasteiger partial charge >= 0.3 is 6.18 Å². The lowest BCUT2D eigenvalue weighted by molar-refractivity contribution is -0.140. The zero-order valence-corrected chi connectivity index (χ0v) is 9.15. The number of benzene rings is 1. The molecule has 0 spiro atoms. The molecule has 1 aliphatic rings. The van der Waals surface area contributed by atoms with Crippen LogP contribution in [0.15, 0.2) is 18.2 Å². The van der Waals surface area contributed by atoms with Crippen LogP contribution in [0.1, 0.15) is 17.5 Å². The molecule has 1 fully saturated rings. The van der Waals surface area contributed by atoms with E-state index in [2.05, 4.69) is 5.32 Å². The van der Waals surface area contributed by atoms with E-state index in [1.807, 2.05) is 0 Å². The van der Waals surface area contributed by atoms with Crippen LogP contribution in [-0.2, 0) is 12.6 Å². The molecule has 1 heterocycles. The van der Waals surface area contributed by atoms with E-state index < -0.39 is 17.6 Å². The second-order valence-electron chi connectivity index (χ2n) is 4.33. The molecular weight excluding hydrogens is 234 g/mol. The molecule has 0 radical (unpaired) electrons. The fourth-order valence-electron chi connectivity index (χ4n) is 2.26. The average molecular weight is 247 g/mol. The third-order valence-corrected chi connectivity index (χ3v) is 3.05. The fourth-order valence-corrected chi connectivity index (χ4v) is 2.26. The zero-order chi connectivity index (χ0) is 12.5. The molecule has 1 aromatic carbocycles. The maximum Gasteiger partial charge on any atom is 0.419 e. The predicted molar refractivity (Wildman–Crippen MR) is 56.1 cm³/mol. The predicted octanol–water partition coefficient (Wildman–Crippen LogP) is 3.00. The van der Waals surface area contributed by atoms with Gasteiger partial charge in [0.1, 0.15) is 5.82 Å². The number of rotatable bonds is 2. The Labute approximate surface area is 96.8 Å². The number of hydrogen-bond acceptors (Lipinski definition) is 1. The minimum Gasteiger partial charge on any atom is -0.316 e. The van der Waals surface area contributed by atoms with E-state index in [-0.39, 0.29) is 17.9 Å². The molecule has 5 heteroatoms. The van der Waals surface area contributed by atoms with Gasteiger partial charge in [-0.15, -0.1) is 0 Å². The lowest BCUT2D eigenvalue weighted by Crippen LogP contribution is -2.16. The van der Waals surface area contributed by atoms with Gasteiger partial charge in [0, 0.05) is 0 Å². The van der Waals surface area contributed by atoms with Gasteiger partial charge in [0.2, 0.25) is 0 Å². The maximum absolute atomic E-state index is 13.3. The molecule has 2 rings (SSSR count). The van der Waals surface area contributed by atoms with Gasteiger partial charge in [0.15, 0.2) is 0 Å². The van der Waals surface area contributed by atoms with Gasteiger partial charge in [-0.2, -0.15) is 13.2 Å².